The SMILES string of the molecule is Cc1ccc(NC(=O)NCc2ccncc2)cc1C(=O)N1CCC(c2ccc(C#N)cc2)CC1. The van der Waals surface area contributed by atoms with E-state index in [-0.39, 0.29) is 11.9 Å². The van der Waals surface area contributed by atoms with Gasteiger partial charge in [0.25, 0.3) is 5.91 Å². The van der Waals surface area contributed by atoms with Crippen molar-refractivity contribution in [1.29, 1.82) is 5.26 Å². The van der Waals surface area contributed by atoms with Gasteiger partial charge in [0.15, 0.2) is 0 Å². The molecule has 0 spiro atoms. The van der Waals surface area contributed by atoms with E-state index < -0.39 is 0 Å². The Morgan fingerprint density at radius 2 is 1.76 bits per heavy atom. The Bertz CT molecular complexity index is 1190. The summed E-state index contributed by atoms with van der Waals surface area (Å²) in [5.74, 6) is 0.367. The quantitative estimate of drug-likeness (QED) is 0.590. The highest BCUT2D eigenvalue weighted by molar-refractivity contribution is 5.98. The number of nitrogens with one attached hydrogen (secondary N) is 2. The normalized spacial score (nSPS) is 13.7. The molecule has 3 amide bonds. The van der Waals surface area contributed by atoms with Crippen LogP contribution in [0.25, 0.3) is 0 Å². The fourth-order valence-corrected chi connectivity index (χ4v) is 4.20. The number of urea groups is 1. The first kappa shape index (κ1) is 23.0. The molecule has 34 heavy (non-hydrogen) atoms. The molecule has 0 bridgehead atoms. The highest BCUT2D eigenvalue weighted by atomic mass is 16.2. The zero-order valence-electron chi connectivity index (χ0n) is 19.1. The maximum absolute atomic E-state index is 13.3. The van der Waals surface area contributed by atoms with Crippen molar-refractivity contribution in [2.75, 3.05) is 18.4 Å². The first-order valence-corrected chi connectivity index (χ1v) is 11.4. The molecule has 2 aromatic carbocycles. The summed E-state index contributed by atoms with van der Waals surface area (Å²) in [6.45, 7) is 3.64. The van der Waals surface area contributed by atoms with Crippen molar-refractivity contribution in [3.8, 4) is 6.07 Å². The molecule has 4 rings (SSSR count). The number of anilines is 1. The van der Waals surface area contributed by atoms with Gasteiger partial charge in [-0.15, -0.1) is 0 Å². The molecule has 1 aliphatic heterocycles. The van der Waals surface area contributed by atoms with Crippen molar-refractivity contribution >= 4 is 17.6 Å². The van der Waals surface area contributed by atoms with Crippen molar-refractivity contribution in [3.05, 3.63) is 94.8 Å². The van der Waals surface area contributed by atoms with Crippen LogP contribution >= 0.6 is 0 Å². The molecule has 172 valence electrons. The van der Waals surface area contributed by atoms with Gasteiger partial charge in [-0.3, -0.25) is 9.78 Å². The molecule has 1 fully saturated rings. The minimum Gasteiger partial charge on any atom is -0.339 e. The summed E-state index contributed by atoms with van der Waals surface area (Å²) in [4.78, 5) is 31.4. The van der Waals surface area contributed by atoms with Crippen LogP contribution in [-0.2, 0) is 6.54 Å². The first-order chi connectivity index (χ1) is 16.5. The molecule has 2 heterocycles. The van der Waals surface area contributed by atoms with Gasteiger partial charge in [0.1, 0.15) is 0 Å². The van der Waals surface area contributed by atoms with E-state index >= 15 is 0 Å². The zero-order valence-corrected chi connectivity index (χ0v) is 19.1. The molecule has 0 saturated carbocycles. The second-order valence-corrected chi connectivity index (χ2v) is 8.49. The number of amides is 3. The van der Waals surface area contributed by atoms with Gasteiger partial charge in [-0.05, 0) is 78.8 Å². The lowest BCUT2D eigenvalue weighted by Gasteiger charge is -2.32. The van der Waals surface area contributed by atoms with Gasteiger partial charge in [0.05, 0.1) is 11.6 Å². The third-order valence-corrected chi connectivity index (χ3v) is 6.22. The smallest absolute Gasteiger partial charge is 0.319 e. The Kier molecular flexibility index (Phi) is 7.19. The van der Waals surface area contributed by atoms with Gasteiger partial charge >= 0.3 is 6.03 Å². The Labute approximate surface area is 199 Å². The van der Waals surface area contributed by atoms with E-state index in [1.54, 1.807) is 24.5 Å². The van der Waals surface area contributed by atoms with Crippen molar-refractivity contribution < 1.29 is 9.59 Å². The molecule has 0 atom stereocenters. The van der Waals surface area contributed by atoms with Gasteiger partial charge in [0.2, 0.25) is 0 Å². The Morgan fingerprint density at radius 3 is 2.44 bits per heavy atom. The molecule has 0 aliphatic carbocycles. The molecule has 2 N–H and O–H groups in total. The van der Waals surface area contributed by atoms with E-state index in [1.165, 1.54) is 5.56 Å². The number of hydrogen-bond acceptors (Lipinski definition) is 4. The number of aryl methyl sites for hydroxylation is 1. The second-order valence-electron chi connectivity index (χ2n) is 8.49. The number of hydrogen-bond donors (Lipinski definition) is 2. The third-order valence-electron chi connectivity index (χ3n) is 6.22. The number of nitrogens with zero attached hydrogens (tertiary/aromatic N) is 3. The van der Waals surface area contributed by atoms with Crippen LogP contribution in [0.15, 0.2) is 67.0 Å². The highest BCUT2D eigenvalue weighted by Crippen LogP contribution is 2.29. The van der Waals surface area contributed by atoms with Gasteiger partial charge in [-0.1, -0.05) is 18.2 Å². The standard InChI is InChI=1S/C27H27N5O2/c1-19-2-7-24(31-27(34)30-18-21-8-12-29-13-9-21)16-25(19)26(33)32-14-10-23(11-15-32)22-5-3-20(17-28)4-6-22/h2-9,12-13,16,23H,10-11,14-15,18H2,1H3,(H2,30,31,34). The minimum atomic E-state index is -0.331. The summed E-state index contributed by atoms with van der Waals surface area (Å²) >= 11 is 0. The van der Waals surface area contributed by atoms with Crippen LogP contribution in [0, 0.1) is 18.3 Å². The lowest BCUT2D eigenvalue weighted by Crippen LogP contribution is -2.38. The van der Waals surface area contributed by atoms with E-state index in [2.05, 4.69) is 21.7 Å². The Hall–Kier alpha value is -4.18. The topological polar surface area (TPSA) is 98.1 Å². The van der Waals surface area contributed by atoms with Crippen LogP contribution in [-0.4, -0.2) is 34.9 Å². The molecule has 1 aromatic heterocycles. The lowest BCUT2D eigenvalue weighted by molar-refractivity contribution is 0.0712. The fraction of sp³-hybridized carbons (Fsp3) is 0.259. The molecule has 3 aromatic rings. The molecule has 1 aliphatic rings. The number of aromatic nitrogens is 1. The Morgan fingerprint density at radius 1 is 1.06 bits per heavy atom. The van der Waals surface area contributed by atoms with Crippen LogP contribution < -0.4 is 10.6 Å². The second kappa shape index (κ2) is 10.6. The third kappa shape index (κ3) is 5.59. The molecule has 7 nitrogen and oxygen atoms in total. The lowest BCUT2D eigenvalue weighted by atomic mass is 9.88. The molecular weight excluding hydrogens is 426 g/mol. The number of carbonyl (C=O) groups excluding carboxylic acids is 2. The van der Waals surface area contributed by atoms with Crippen LogP contribution in [0.3, 0.4) is 0 Å². The van der Waals surface area contributed by atoms with Gasteiger partial charge < -0.3 is 15.5 Å². The number of likely N-dealkylation sites (tertiary alicyclic amines) is 1. The van der Waals surface area contributed by atoms with E-state index in [4.69, 9.17) is 5.26 Å². The maximum Gasteiger partial charge on any atom is 0.319 e. The molecule has 0 unspecified atom stereocenters. The van der Waals surface area contributed by atoms with Crippen LogP contribution in [0.4, 0.5) is 10.5 Å². The monoisotopic (exact) mass is 453 g/mol. The summed E-state index contributed by atoms with van der Waals surface area (Å²) < 4.78 is 0. The maximum atomic E-state index is 13.3. The number of pyridine rings is 1. The summed E-state index contributed by atoms with van der Waals surface area (Å²) in [6.07, 6.45) is 5.12. The number of piperidine rings is 1. The van der Waals surface area contributed by atoms with Crippen molar-refractivity contribution in [2.24, 2.45) is 0 Å². The largest absolute Gasteiger partial charge is 0.339 e. The summed E-state index contributed by atoms with van der Waals surface area (Å²) in [6, 6.07) is 18.6. The average molecular weight is 454 g/mol. The zero-order chi connectivity index (χ0) is 23.9. The predicted octanol–water partition coefficient (Wildman–Crippen LogP) is 4.60. The first-order valence-electron chi connectivity index (χ1n) is 11.4. The number of rotatable bonds is 5. The van der Waals surface area contributed by atoms with Crippen LogP contribution in [0.5, 0.6) is 0 Å². The average Bonchev–Trinajstić information content (AvgIpc) is 2.89. The molecule has 0 radical (unpaired) electrons. The fourth-order valence-electron chi connectivity index (χ4n) is 4.20. The van der Waals surface area contributed by atoms with E-state index in [1.807, 2.05) is 54.3 Å². The number of carbonyl (C=O) groups is 2. The van der Waals surface area contributed by atoms with E-state index in [0.717, 1.165) is 24.0 Å². The predicted molar refractivity (Wildman–Crippen MR) is 130 cm³/mol. The minimum absolute atomic E-state index is 0.0170. The van der Waals surface area contributed by atoms with Crippen molar-refractivity contribution in [2.45, 2.75) is 32.2 Å². The molecule has 7 heteroatoms. The summed E-state index contributed by atoms with van der Waals surface area (Å²) in [5, 5.41) is 14.6. The summed E-state index contributed by atoms with van der Waals surface area (Å²) in [5.41, 5.74) is 4.88. The van der Waals surface area contributed by atoms with Crippen LogP contribution in [0.1, 0.15) is 51.4 Å². The van der Waals surface area contributed by atoms with Gasteiger partial charge in [0, 0.05) is 43.3 Å². The van der Waals surface area contributed by atoms with E-state index in [0.29, 0.717) is 42.4 Å². The van der Waals surface area contributed by atoms with E-state index in [9.17, 15) is 9.59 Å². The van der Waals surface area contributed by atoms with Crippen molar-refractivity contribution in [1.82, 2.24) is 15.2 Å². The Balaban J connectivity index is 1.35. The molecular formula is C27H27N5O2. The van der Waals surface area contributed by atoms with Crippen molar-refractivity contribution in [3.63, 3.8) is 0 Å². The van der Waals surface area contributed by atoms with Crippen LogP contribution in [0.2, 0.25) is 0 Å². The summed E-state index contributed by atoms with van der Waals surface area (Å²) in [7, 11) is 0. The highest BCUT2D eigenvalue weighted by Gasteiger charge is 2.25. The number of benzene rings is 2. The molecule has 1 saturated heterocycles. The van der Waals surface area contributed by atoms with Gasteiger partial charge in [-0.25, -0.2) is 4.79 Å². The number of nitriles is 1. The van der Waals surface area contributed by atoms with Gasteiger partial charge in [-0.2, -0.15) is 5.26 Å².